The molecule has 9 nitrogen and oxygen atoms in total. The summed E-state index contributed by atoms with van der Waals surface area (Å²) in [6.45, 7) is 5.74. The van der Waals surface area contributed by atoms with Gasteiger partial charge in [0.15, 0.2) is 0 Å². The number of thioether (sulfide) groups is 1. The molecule has 0 fully saturated rings. The molecule has 3 aromatic rings. The van der Waals surface area contributed by atoms with Gasteiger partial charge in [0.2, 0.25) is 11.1 Å². The Kier molecular flexibility index (Phi) is 7.35. The molecule has 0 aliphatic carbocycles. The van der Waals surface area contributed by atoms with E-state index >= 15 is 0 Å². The highest BCUT2D eigenvalue weighted by molar-refractivity contribution is 7.99. The molecule has 0 aliphatic rings. The molecule has 10 heteroatoms. The number of carbonyl (C=O) groups is 1. The lowest BCUT2D eigenvalue weighted by Gasteiger charge is -2.11. The van der Waals surface area contributed by atoms with Crippen molar-refractivity contribution < 1.29 is 9.72 Å². The quantitative estimate of drug-likeness (QED) is 0.300. The van der Waals surface area contributed by atoms with Gasteiger partial charge in [0.1, 0.15) is 5.69 Å². The molecule has 0 radical (unpaired) electrons. The second kappa shape index (κ2) is 10.2. The van der Waals surface area contributed by atoms with Gasteiger partial charge in [-0.3, -0.25) is 14.9 Å². The van der Waals surface area contributed by atoms with E-state index in [1.54, 1.807) is 17.7 Å². The largest absolute Gasteiger partial charge is 0.319 e. The molecule has 2 aromatic carbocycles. The van der Waals surface area contributed by atoms with Gasteiger partial charge in [-0.05, 0) is 65.9 Å². The van der Waals surface area contributed by atoms with E-state index in [0.29, 0.717) is 10.7 Å². The number of hydrogen-bond acceptors (Lipinski definition) is 7. The van der Waals surface area contributed by atoms with Crippen LogP contribution in [0, 0.1) is 24.0 Å². The Bertz CT molecular complexity index is 1080. The Morgan fingerprint density at radius 2 is 1.94 bits per heavy atom. The molecule has 31 heavy (non-hydrogen) atoms. The molecular weight excluding hydrogens is 416 g/mol. The van der Waals surface area contributed by atoms with Crippen molar-refractivity contribution in [2.24, 2.45) is 0 Å². The predicted octanol–water partition coefficient (Wildman–Crippen LogP) is 4.26. The first-order chi connectivity index (χ1) is 14.9. The number of unbranched alkanes of at least 4 members (excludes halogenated alkanes) is 1. The van der Waals surface area contributed by atoms with E-state index < -0.39 is 4.92 Å². The highest BCUT2D eigenvalue weighted by atomic mass is 32.2. The zero-order valence-electron chi connectivity index (χ0n) is 17.7. The maximum atomic E-state index is 12.5. The zero-order valence-corrected chi connectivity index (χ0v) is 18.5. The Balaban J connectivity index is 1.68. The van der Waals surface area contributed by atoms with Gasteiger partial charge in [-0.2, -0.15) is 4.68 Å². The van der Waals surface area contributed by atoms with Gasteiger partial charge in [0.05, 0.1) is 16.4 Å². The van der Waals surface area contributed by atoms with Crippen molar-refractivity contribution in [1.29, 1.82) is 0 Å². The number of carbonyl (C=O) groups excluding carboxylic acids is 1. The number of aryl methyl sites for hydroxylation is 2. The zero-order chi connectivity index (χ0) is 22.4. The molecule has 1 heterocycles. The molecule has 1 amide bonds. The van der Waals surface area contributed by atoms with Crippen LogP contribution in [0.1, 0.15) is 36.5 Å². The van der Waals surface area contributed by atoms with Crippen LogP contribution in [0.15, 0.2) is 41.6 Å². The lowest BCUT2D eigenvalue weighted by molar-refractivity contribution is -0.384. The highest BCUT2D eigenvalue weighted by Crippen LogP contribution is 2.30. The lowest BCUT2D eigenvalue weighted by Crippen LogP contribution is -2.17. The number of tetrazole rings is 1. The number of nitrogens with one attached hydrogen (secondary N) is 1. The monoisotopic (exact) mass is 440 g/mol. The van der Waals surface area contributed by atoms with Crippen LogP contribution in [0.5, 0.6) is 0 Å². The summed E-state index contributed by atoms with van der Waals surface area (Å²) in [4.78, 5) is 23.3. The third-order valence-electron chi connectivity index (χ3n) is 4.95. The number of anilines is 1. The first-order valence-corrected chi connectivity index (χ1v) is 10.9. The van der Waals surface area contributed by atoms with Crippen molar-refractivity contribution in [3.63, 3.8) is 0 Å². The van der Waals surface area contributed by atoms with Gasteiger partial charge in [-0.15, -0.1) is 5.10 Å². The molecule has 0 atom stereocenters. The lowest BCUT2D eigenvalue weighted by atomic mass is 10.1. The molecule has 0 unspecified atom stereocenters. The van der Waals surface area contributed by atoms with Crippen LogP contribution in [0.2, 0.25) is 0 Å². The summed E-state index contributed by atoms with van der Waals surface area (Å²) in [5.41, 5.74) is 3.67. The molecule has 0 saturated heterocycles. The summed E-state index contributed by atoms with van der Waals surface area (Å²) < 4.78 is 1.57. The number of nitro benzene ring substituents is 1. The summed E-state index contributed by atoms with van der Waals surface area (Å²) in [6.07, 6.45) is 3.31. The fourth-order valence-electron chi connectivity index (χ4n) is 3.03. The van der Waals surface area contributed by atoms with E-state index in [1.807, 2.05) is 31.2 Å². The molecule has 0 saturated carbocycles. The van der Waals surface area contributed by atoms with Crippen LogP contribution in [-0.4, -0.2) is 36.8 Å². The average Bonchev–Trinajstić information content (AvgIpc) is 3.23. The van der Waals surface area contributed by atoms with Crippen LogP contribution >= 0.6 is 11.8 Å². The number of amides is 1. The van der Waals surface area contributed by atoms with Gasteiger partial charge in [0.25, 0.3) is 5.69 Å². The summed E-state index contributed by atoms with van der Waals surface area (Å²) in [5.74, 6) is -0.356. The Morgan fingerprint density at radius 1 is 1.19 bits per heavy atom. The molecular formula is C21H24N6O3S. The van der Waals surface area contributed by atoms with Crippen LogP contribution in [0.25, 0.3) is 5.69 Å². The summed E-state index contributed by atoms with van der Waals surface area (Å²) >= 11 is 1.16. The van der Waals surface area contributed by atoms with Gasteiger partial charge in [-0.25, -0.2) is 0 Å². The van der Waals surface area contributed by atoms with E-state index in [0.717, 1.165) is 42.3 Å². The number of rotatable bonds is 9. The first-order valence-electron chi connectivity index (χ1n) is 9.95. The van der Waals surface area contributed by atoms with Crippen molar-refractivity contribution in [3.8, 4) is 5.69 Å². The third-order valence-corrected chi connectivity index (χ3v) is 5.87. The standard InChI is InChI=1S/C21H24N6O3S/c1-4-5-6-16-8-10-17(11-9-16)26-21(23-24-25-26)31-13-19(28)22-20-15(3)14(2)7-12-18(20)27(29)30/h7-12H,4-6,13H2,1-3H3,(H,22,28). The molecule has 3 rings (SSSR count). The topological polar surface area (TPSA) is 116 Å². The van der Waals surface area contributed by atoms with Crippen molar-refractivity contribution >= 4 is 29.0 Å². The second-order valence-electron chi connectivity index (χ2n) is 7.14. The number of benzene rings is 2. The van der Waals surface area contributed by atoms with Crippen LogP contribution < -0.4 is 5.32 Å². The normalized spacial score (nSPS) is 10.8. The Morgan fingerprint density at radius 3 is 2.61 bits per heavy atom. The Labute approximate surface area is 184 Å². The van der Waals surface area contributed by atoms with Crippen LogP contribution in [0.3, 0.4) is 0 Å². The van der Waals surface area contributed by atoms with Crippen LogP contribution in [-0.2, 0) is 11.2 Å². The molecule has 1 N–H and O–H groups in total. The van der Waals surface area contributed by atoms with E-state index in [4.69, 9.17) is 0 Å². The van der Waals surface area contributed by atoms with Crippen molar-refractivity contribution in [1.82, 2.24) is 20.2 Å². The summed E-state index contributed by atoms with van der Waals surface area (Å²) in [6, 6.07) is 11.1. The highest BCUT2D eigenvalue weighted by Gasteiger charge is 2.20. The van der Waals surface area contributed by atoms with Gasteiger partial charge in [0, 0.05) is 6.07 Å². The van der Waals surface area contributed by atoms with Crippen molar-refractivity contribution in [2.75, 3.05) is 11.1 Å². The maximum Gasteiger partial charge on any atom is 0.293 e. The number of nitrogens with zero attached hydrogens (tertiary/aromatic N) is 5. The summed E-state index contributed by atoms with van der Waals surface area (Å²) in [5, 5.41) is 26.2. The predicted molar refractivity (Wildman–Crippen MR) is 120 cm³/mol. The van der Waals surface area contributed by atoms with Gasteiger partial charge < -0.3 is 5.32 Å². The number of aromatic nitrogens is 4. The average molecular weight is 441 g/mol. The molecule has 0 aliphatic heterocycles. The third kappa shape index (κ3) is 5.46. The van der Waals surface area contributed by atoms with E-state index in [1.165, 1.54) is 11.6 Å². The van der Waals surface area contributed by atoms with Crippen molar-refractivity contribution in [2.45, 2.75) is 45.2 Å². The second-order valence-corrected chi connectivity index (χ2v) is 8.08. The summed E-state index contributed by atoms with van der Waals surface area (Å²) in [7, 11) is 0. The molecule has 0 bridgehead atoms. The fraction of sp³-hybridized carbons (Fsp3) is 0.333. The smallest absolute Gasteiger partial charge is 0.293 e. The SMILES string of the molecule is CCCCc1ccc(-n2nnnc2SCC(=O)Nc2c([N+](=O)[O-])ccc(C)c2C)cc1. The minimum atomic E-state index is -0.500. The van der Waals surface area contributed by atoms with Gasteiger partial charge >= 0.3 is 0 Å². The van der Waals surface area contributed by atoms with Crippen molar-refractivity contribution in [3.05, 3.63) is 63.2 Å². The van der Waals surface area contributed by atoms with Crippen LogP contribution in [0.4, 0.5) is 11.4 Å². The van der Waals surface area contributed by atoms with E-state index in [2.05, 4.69) is 27.8 Å². The first kappa shape index (κ1) is 22.4. The number of hydrogen-bond donors (Lipinski definition) is 1. The minimum Gasteiger partial charge on any atom is -0.319 e. The van der Waals surface area contributed by atoms with E-state index in [-0.39, 0.29) is 23.0 Å². The van der Waals surface area contributed by atoms with Gasteiger partial charge in [-0.1, -0.05) is 43.3 Å². The number of nitro groups is 1. The molecule has 1 aromatic heterocycles. The minimum absolute atomic E-state index is 0.0134. The van der Waals surface area contributed by atoms with E-state index in [9.17, 15) is 14.9 Å². The fourth-order valence-corrected chi connectivity index (χ4v) is 3.72. The molecule has 0 spiro atoms. The maximum absolute atomic E-state index is 12.5. The molecule has 162 valence electrons. The Hall–Kier alpha value is -3.27.